The van der Waals surface area contributed by atoms with Crippen LogP contribution in [-0.2, 0) is 9.53 Å². The van der Waals surface area contributed by atoms with Crippen molar-refractivity contribution >= 4 is 11.9 Å². The average Bonchev–Trinajstić information content (AvgIpc) is 3.47. The SMILES string of the molecule is CC1(C)CC[C@]23CC[C@]4(C)[C@H](CC[C@@H]5[C@@]6(C)C/C(=C\c7ccco7)C(=O)C(C)(C)[C@H]6CC[C@]54C)[C@H]2[C@H]1OC3. The summed E-state index contributed by atoms with van der Waals surface area (Å²) in [5.74, 6) is 3.74. The van der Waals surface area contributed by atoms with E-state index in [-0.39, 0.29) is 10.8 Å². The summed E-state index contributed by atoms with van der Waals surface area (Å²) in [6.45, 7) is 18.4. The van der Waals surface area contributed by atoms with Crippen LogP contribution >= 0.6 is 0 Å². The Morgan fingerprint density at radius 3 is 2.37 bits per heavy atom. The molecule has 1 aromatic heterocycles. The number of furan rings is 1. The van der Waals surface area contributed by atoms with Gasteiger partial charge < -0.3 is 9.15 Å². The lowest BCUT2D eigenvalue weighted by Gasteiger charge is -2.73. The number of Topliss-reactive ketones (excluding diaryl/α,β-unsaturated/α-hetero) is 1. The van der Waals surface area contributed by atoms with Crippen molar-refractivity contribution in [2.45, 2.75) is 112 Å². The summed E-state index contributed by atoms with van der Waals surface area (Å²) in [4.78, 5) is 13.9. The number of ketones is 1. The van der Waals surface area contributed by atoms with Gasteiger partial charge in [0.2, 0.25) is 0 Å². The molecule has 208 valence electrons. The molecule has 3 heteroatoms. The Bertz CT molecular complexity index is 1170. The zero-order valence-electron chi connectivity index (χ0n) is 25.0. The van der Waals surface area contributed by atoms with E-state index in [9.17, 15) is 4.79 Å². The molecular weight excluding hydrogens is 468 g/mol. The van der Waals surface area contributed by atoms with Crippen molar-refractivity contribution in [3.8, 4) is 0 Å². The predicted octanol–water partition coefficient (Wildman–Crippen LogP) is 8.73. The first-order chi connectivity index (χ1) is 17.8. The molecule has 1 saturated heterocycles. The maximum absolute atomic E-state index is 13.9. The number of allylic oxidation sites excluding steroid dienone is 1. The van der Waals surface area contributed by atoms with Gasteiger partial charge in [0.05, 0.1) is 19.0 Å². The zero-order chi connectivity index (χ0) is 26.9. The summed E-state index contributed by atoms with van der Waals surface area (Å²) in [5.41, 5.74) is 2.16. The van der Waals surface area contributed by atoms with E-state index in [4.69, 9.17) is 9.15 Å². The summed E-state index contributed by atoms with van der Waals surface area (Å²) in [7, 11) is 0. The minimum Gasteiger partial charge on any atom is -0.465 e. The van der Waals surface area contributed by atoms with Crippen LogP contribution in [0.2, 0.25) is 0 Å². The normalized spacial score (nSPS) is 51.6. The molecule has 6 fully saturated rings. The first-order valence-corrected chi connectivity index (χ1v) is 15.7. The predicted molar refractivity (Wildman–Crippen MR) is 151 cm³/mol. The average molecular weight is 519 g/mol. The van der Waals surface area contributed by atoms with Gasteiger partial charge >= 0.3 is 0 Å². The van der Waals surface area contributed by atoms with Crippen molar-refractivity contribution in [1.82, 2.24) is 0 Å². The molecule has 0 unspecified atom stereocenters. The molecule has 5 aliphatic carbocycles. The van der Waals surface area contributed by atoms with Crippen LogP contribution in [0.15, 0.2) is 28.4 Å². The van der Waals surface area contributed by atoms with E-state index in [1.54, 1.807) is 6.26 Å². The Morgan fingerprint density at radius 1 is 0.868 bits per heavy atom. The van der Waals surface area contributed by atoms with E-state index in [2.05, 4.69) is 54.5 Å². The molecule has 5 saturated carbocycles. The van der Waals surface area contributed by atoms with Crippen LogP contribution in [0.5, 0.6) is 0 Å². The fourth-order valence-corrected chi connectivity index (χ4v) is 12.5. The second-order valence-electron chi connectivity index (χ2n) is 16.7. The molecule has 2 bridgehead atoms. The highest BCUT2D eigenvalue weighted by molar-refractivity contribution is 6.04. The Balaban J connectivity index is 1.29. The van der Waals surface area contributed by atoms with E-state index >= 15 is 0 Å². The lowest BCUT2D eigenvalue weighted by molar-refractivity contribution is -0.236. The molecule has 0 spiro atoms. The number of carbonyl (C=O) groups is 1. The van der Waals surface area contributed by atoms with Crippen molar-refractivity contribution in [3.05, 3.63) is 29.7 Å². The van der Waals surface area contributed by atoms with Crippen LogP contribution < -0.4 is 0 Å². The van der Waals surface area contributed by atoms with Crippen molar-refractivity contribution in [2.24, 2.45) is 56.2 Å². The van der Waals surface area contributed by atoms with Gasteiger partial charge in [-0.1, -0.05) is 48.5 Å². The maximum Gasteiger partial charge on any atom is 0.164 e. The first kappa shape index (κ1) is 25.6. The van der Waals surface area contributed by atoms with Crippen molar-refractivity contribution in [1.29, 1.82) is 0 Å². The van der Waals surface area contributed by atoms with Crippen LogP contribution in [0.3, 0.4) is 0 Å². The summed E-state index contributed by atoms with van der Waals surface area (Å²) < 4.78 is 12.4. The van der Waals surface area contributed by atoms with Gasteiger partial charge in [-0.15, -0.1) is 0 Å². The Hall–Kier alpha value is -1.35. The summed E-state index contributed by atoms with van der Waals surface area (Å²) in [5, 5.41) is 0. The first-order valence-electron chi connectivity index (χ1n) is 15.7. The van der Waals surface area contributed by atoms with Crippen LogP contribution in [0.1, 0.15) is 112 Å². The zero-order valence-corrected chi connectivity index (χ0v) is 25.0. The largest absolute Gasteiger partial charge is 0.465 e. The molecule has 1 aromatic rings. The minimum absolute atomic E-state index is 0.132. The highest BCUT2D eigenvalue weighted by atomic mass is 16.5. The van der Waals surface area contributed by atoms with Crippen LogP contribution in [0.4, 0.5) is 0 Å². The fraction of sp³-hybridized carbons (Fsp3) is 0.800. The van der Waals surface area contributed by atoms with Gasteiger partial charge in [0.1, 0.15) is 5.76 Å². The number of carbonyl (C=O) groups excluding carboxylic acids is 1. The molecule has 0 N–H and O–H groups in total. The molecule has 2 heterocycles. The third-order valence-corrected chi connectivity index (χ3v) is 14.6. The Labute approximate surface area is 230 Å². The van der Waals surface area contributed by atoms with E-state index < -0.39 is 0 Å². The van der Waals surface area contributed by atoms with Crippen molar-refractivity contribution in [2.75, 3.05) is 6.61 Å². The monoisotopic (exact) mass is 518 g/mol. The number of hydrogen-bond acceptors (Lipinski definition) is 3. The topological polar surface area (TPSA) is 39.4 Å². The number of ether oxygens (including phenoxy) is 1. The van der Waals surface area contributed by atoms with Gasteiger partial charge in [-0.3, -0.25) is 4.79 Å². The smallest absolute Gasteiger partial charge is 0.164 e. The van der Waals surface area contributed by atoms with Gasteiger partial charge in [0, 0.05) is 5.41 Å². The van der Waals surface area contributed by atoms with E-state index in [0.29, 0.717) is 45.4 Å². The third-order valence-electron chi connectivity index (χ3n) is 14.6. The second-order valence-corrected chi connectivity index (χ2v) is 16.7. The Kier molecular flexibility index (Phi) is 5.18. The van der Waals surface area contributed by atoms with Crippen LogP contribution in [0.25, 0.3) is 6.08 Å². The van der Waals surface area contributed by atoms with E-state index in [1.807, 2.05) is 12.1 Å². The van der Waals surface area contributed by atoms with Crippen LogP contribution in [0, 0.1) is 56.2 Å². The molecule has 7 rings (SSSR count). The van der Waals surface area contributed by atoms with Crippen LogP contribution in [-0.4, -0.2) is 18.5 Å². The number of fused-ring (bicyclic) bond motifs is 5. The van der Waals surface area contributed by atoms with Gasteiger partial charge in [0.15, 0.2) is 5.78 Å². The van der Waals surface area contributed by atoms with E-state index in [0.717, 1.165) is 36.2 Å². The van der Waals surface area contributed by atoms with Gasteiger partial charge in [-0.25, -0.2) is 0 Å². The molecule has 38 heavy (non-hydrogen) atoms. The Morgan fingerprint density at radius 2 is 1.63 bits per heavy atom. The quantitative estimate of drug-likeness (QED) is 0.349. The maximum atomic E-state index is 13.9. The second kappa shape index (κ2) is 7.68. The van der Waals surface area contributed by atoms with E-state index in [1.165, 1.54) is 51.4 Å². The molecule has 1 aliphatic heterocycles. The highest BCUT2D eigenvalue weighted by Crippen LogP contribution is 2.78. The molecular formula is C35H50O3. The molecule has 0 aromatic carbocycles. The van der Waals surface area contributed by atoms with Gasteiger partial charge in [-0.2, -0.15) is 0 Å². The van der Waals surface area contributed by atoms with Gasteiger partial charge in [-0.05, 0) is 132 Å². The number of hydrogen-bond donors (Lipinski definition) is 0. The molecule has 0 radical (unpaired) electrons. The van der Waals surface area contributed by atoms with Crippen molar-refractivity contribution < 1.29 is 13.9 Å². The third kappa shape index (κ3) is 2.98. The van der Waals surface area contributed by atoms with Crippen molar-refractivity contribution in [3.63, 3.8) is 0 Å². The number of rotatable bonds is 1. The molecule has 9 atom stereocenters. The molecule has 0 amide bonds. The lowest BCUT2D eigenvalue weighted by atomic mass is 9.31. The molecule has 3 nitrogen and oxygen atoms in total. The van der Waals surface area contributed by atoms with Gasteiger partial charge in [0.25, 0.3) is 0 Å². The fourth-order valence-electron chi connectivity index (χ4n) is 12.5. The highest BCUT2D eigenvalue weighted by Gasteiger charge is 2.73. The summed E-state index contributed by atoms with van der Waals surface area (Å²) >= 11 is 0. The lowest BCUT2D eigenvalue weighted by Crippen LogP contribution is -2.67. The minimum atomic E-state index is -0.332. The summed E-state index contributed by atoms with van der Waals surface area (Å²) in [6, 6.07) is 3.91. The molecule has 6 aliphatic rings. The summed E-state index contributed by atoms with van der Waals surface area (Å²) in [6.07, 6.45) is 15.6. The standard InChI is InChI=1S/C35H50O3/c1-30(2)14-16-35-17-15-33(6)24(27(35)29(30)38-21-35)10-11-26-32(5)20-22(19-23-9-8-18-37-23)28(36)31(3,4)25(32)12-13-34(26,33)7/h8-9,18-19,24-27,29H,10-17,20-21H2,1-7H3/b22-19+/t24-,25-,26-,27+,29-,32+,33-,34-,35-/m1/s1.